The van der Waals surface area contributed by atoms with E-state index >= 15 is 0 Å². The molecule has 0 radical (unpaired) electrons. The number of amides is 4. The molecule has 8 heteroatoms. The monoisotopic (exact) mass is 407 g/mol. The average Bonchev–Trinajstić information content (AvgIpc) is 3.16. The van der Waals surface area contributed by atoms with Crippen molar-refractivity contribution in [1.82, 2.24) is 5.06 Å². The van der Waals surface area contributed by atoms with Crippen LogP contribution < -0.4 is 9.80 Å². The van der Waals surface area contributed by atoms with Gasteiger partial charge in [0.05, 0.1) is 24.2 Å². The van der Waals surface area contributed by atoms with Gasteiger partial charge < -0.3 is 5.21 Å². The molecule has 2 fully saturated rings. The van der Waals surface area contributed by atoms with Gasteiger partial charge in [0.2, 0.25) is 11.8 Å². The SMILES string of the molecule is Cc1cccc(N2C(=O)C[C@H](N(O)[C@H]3CC(=O)N(c4cccc(C)c4)C3=O)C2=O)c1. The molecule has 30 heavy (non-hydrogen) atoms. The molecule has 154 valence electrons. The second-order valence-electron chi connectivity index (χ2n) is 7.63. The van der Waals surface area contributed by atoms with E-state index in [0.717, 1.165) is 20.9 Å². The second-order valence-corrected chi connectivity index (χ2v) is 7.63. The molecule has 0 bridgehead atoms. The number of hydrogen-bond acceptors (Lipinski definition) is 6. The molecule has 0 spiro atoms. The zero-order chi connectivity index (χ0) is 21.6. The summed E-state index contributed by atoms with van der Waals surface area (Å²) in [6.45, 7) is 3.68. The van der Waals surface area contributed by atoms with Crippen molar-refractivity contribution in [2.75, 3.05) is 9.80 Å². The molecule has 8 nitrogen and oxygen atoms in total. The van der Waals surface area contributed by atoms with E-state index in [9.17, 15) is 24.4 Å². The van der Waals surface area contributed by atoms with E-state index in [4.69, 9.17) is 0 Å². The smallest absolute Gasteiger partial charge is 0.254 e. The lowest BCUT2D eigenvalue weighted by Gasteiger charge is -2.25. The predicted octanol–water partition coefficient (Wildman–Crippen LogP) is 1.96. The standard InChI is InChI=1S/C22H21N3O5/c1-13-5-3-7-15(9-13)23-19(26)11-17(21(23)28)25(30)18-12-20(27)24(22(18)29)16-8-4-6-14(2)10-16/h3-10,17-18,30H,11-12H2,1-2H3/t17-,18-/m0/s1. The number of carbonyl (C=O) groups excluding carboxylic acids is 4. The minimum atomic E-state index is -1.22. The number of nitrogens with zero attached hydrogens (tertiary/aromatic N) is 3. The molecule has 2 aromatic rings. The van der Waals surface area contributed by atoms with Crippen LogP contribution in [0.5, 0.6) is 0 Å². The summed E-state index contributed by atoms with van der Waals surface area (Å²) in [4.78, 5) is 52.8. The van der Waals surface area contributed by atoms with Crippen LogP contribution >= 0.6 is 0 Å². The van der Waals surface area contributed by atoms with Gasteiger partial charge in [-0.15, -0.1) is 0 Å². The molecule has 1 N–H and O–H groups in total. The van der Waals surface area contributed by atoms with Crippen LogP contribution in [-0.4, -0.2) is 46.0 Å². The highest BCUT2D eigenvalue weighted by Crippen LogP contribution is 2.31. The maximum absolute atomic E-state index is 12.9. The first kappa shape index (κ1) is 19.9. The van der Waals surface area contributed by atoms with E-state index in [2.05, 4.69) is 0 Å². The van der Waals surface area contributed by atoms with Gasteiger partial charge in [-0.1, -0.05) is 24.3 Å². The summed E-state index contributed by atoms with van der Waals surface area (Å²) < 4.78 is 0. The van der Waals surface area contributed by atoms with Gasteiger partial charge in [-0.3, -0.25) is 19.2 Å². The molecule has 0 aromatic heterocycles. The van der Waals surface area contributed by atoms with Crippen LogP contribution in [0.2, 0.25) is 0 Å². The Hall–Kier alpha value is -3.36. The molecular weight excluding hydrogens is 386 g/mol. The third kappa shape index (κ3) is 3.30. The third-order valence-electron chi connectivity index (χ3n) is 5.40. The quantitative estimate of drug-likeness (QED) is 0.615. The number of rotatable bonds is 4. The van der Waals surface area contributed by atoms with Crippen LogP contribution in [0.4, 0.5) is 11.4 Å². The molecule has 2 atom stereocenters. The van der Waals surface area contributed by atoms with Crippen LogP contribution in [0.15, 0.2) is 48.5 Å². The summed E-state index contributed by atoms with van der Waals surface area (Å²) in [6.07, 6.45) is -0.544. The number of imide groups is 2. The highest BCUT2D eigenvalue weighted by molar-refractivity contribution is 6.24. The van der Waals surface area contributed by atoms with Gasteiger partial charge in [-0.25, -0.2) is 9.80 Å². The average molecular weight is 407 g/mol. The summed E-state index contributed by atoms with van der Waals surface area (Å²) in [5.41, 5.74) is 2.58. The summed E-state index contributed by atoms with van der Waals surface area (Å²) in [5, 5.41) is 11.3. The molecule has 4 rings (SSSR count). The Balaban J connectivity index is 1.57. The van der Waals surface area contributed by atoms with Crippen LogP contribution in [0.1, 0.15) is 24.0 Å². The number of aryl methyl sites for hydroxylation is 2. The number of anilines is 2. The molecule has 2 aliphatic rings. The Bertz CT molecular complexity index is 983. The van der Waals surface area contributed by atoms with Crippen molar-refractivity contribution in [2.24, 2.45) is 0 Å². The fourth-order valence-corrected chi connectivity index (χ4v) is 3.94. The van der Waals surface area contributed by atoms with E-state index in [1.54, 1.807) is 36.4 Å². The highest BCUT2D eigenvalue weighted by Gasteiger charge is 2.50. The molecule has 2 heterocycles. The van der Waals surface area contributed by atoms with Crippen molar-refractivity contribution in [3.05, 3.63) is 59.7 Å². The second kappa shape index (κ2) is 7.47. The maximum atomic E-state index is 12.9. The predicted molar refractivity (Wildman–Crippen MR) is 108 cm³/mol. The van der Waals surface area contributed by atoms with Gasteiger partial charge in [0, 0.05) is 0 Å². The zero-order valence-corrected chi connectivity index (χ0v) is 16.6. The zero-order valence-electron chi connectivity index (χ0n) is 16.6. The summed E-state index contributed by atoms with van der Waals surface area (Å²) in [7, 11) is 0. The molecule has 2 aromatic carbocycles. The van der Waals surface area contributed by atoms with E-state index in [1.165, 1.54) is 0 Å². The molecule has 0 aliphatic carbocycles. The Morgan fingerprint density at radius 3 is 1.53 bits per heavy atom. The van der Waals surface area contributed by atoms with Crippen molar-refractivity contribution in [3.8, 4) is 0 Å². The van der Waals surface area contributed by atoms with E-state index < -0.39 is 35.7 Å². The van der Waals surface area contributed by atoms with Crippen LogP contribution in [0.25, 0.3) is 0 Å². The van der Waals surface area contributed by atoms with Crippen LogP contribution in [0, 0.1) is 13.8 Å². The summed E-state index contributed by atoms with van der Waals surface area (Å²) in [6, 6.07) is 11.4. The normalized spacial score (nSPS) is 22.0. The fraction of sp³-hybridized carbons (Fsp3) is 0.273. The van der Waals surface area contributed by atoms with Gasteiger partial charge in [-0.2, -0.15) is 5.06 Å². The first-order valence-corrected chi connectivity index (χ1v) is 9.62. The number of hydroxylamine groups is 2. The van der Waals surface area contributed by atoms with Gasteiger partial charge in [0.25, 0.3) is 11.8 Å². The molecule has 0 unspecified atom stereocenters. The van der Waals surface area contributed by atoms with Gasteiger partial charge in [-0.05, 0) is 49.2 Å². The van der Waals surface area contributed by atoms with Gasteiger partial charge >= 0.3 is 0 Å². The fourth-order valence-electron chi connectivity index (χ4n) is 3.94. The first-order valence-electron chi connectivity index (χ1n) is 9.62. The van der Waals surface area contributed by atoms with Crippen molar-refractivity contribution in [2.45, 2.75) is 38.8 Å². The van der Waals surface area contributed by atoms with Crippen molar-refractivity contribution in [1.29, 1.82) is 0 Å². The maximum Gasteiger partial charge on any atom is 0.254 e. The number of hydrogen-bond donors (Lipinski definition) is 1. The first-order chi connectivity index (χ1) is 14.3. The molecule has 2 saturated heterocycles. The Morgan fingerprint density at radius 2 is 1.17 bits per heavy atom. The van der Waals surface area contributed by atoms with E-state index in [0.29, 0.717) is 16.4 Å². The van der Waals surface area contributed by atoms with E-state index in [1.807, 2.05) is 26.0 Å². The van der Waals surface area contributed by atoms with Crippen molar-refractivity contribution in [3.63, 3.8) is 0 Å². The van der Waals surface area contributed by atoms with Crippen molar-refractivity contribution < 1.29 is 24.4 Å². The van der Waals surface area contributed by atoms with E-state index in [-0.39, 0.29) is 12.8 Å². The summed E-state index contributed by atoms with van der Waals surface area (Å²) in [5.74, 6) is -2.19. The molecule has 4 amide bonds. The van der Waals surface area contributed by atoms with Crippen molar-refractivity contribution >= 4 is 35.0 Å². The van der Waals surface area contributed by atoms with Crippen LogP contribution in [0.3, 0.4) is 0 Å². The lowest BCUT2D eigenvalue weighted by Crippen LogP contribution is -2.49. The lowest BCUT2D eigenvalue weighted by atomic mass is 10.1. The minimum absolute atomic E-state index is 0.272. The largest absolute Gasteiger partial charge is 0.312 e. The topological polar surface area (TPSA) is 98.2 Å². The third-order valence-corrected chi connectivity index (χ3v) is 5.40. The van der Waals surface area contributed by atoms with Gasteiger partial charge in [0.1, 0.15) is 12.1 Å². The summed E-state index contributed by atoms with van der Waals surface area (Å²) >= 11 is 0. The Kier molecular flexibility index (Phi) is 4.97. The Morgan fingerprint density at radius 1 is 0.767 bits per heavy atom. The van der Waals surface area contributed by atoms with Gasteiger partial charge in [0.15, 0.2) is 0 Å². The Labute approximate surface area is 173 Å². The number of benzene rings is 2. The number of carbonyl (C=O) groups is 4. The molecular formula is C22H21N3O5. The lowest BCUT2D eigenvalue weighted by molar-refractivity contribution is -0.172. The molecule has 0 saturated carbocycles. The minimum Gasteiger partial charge on any atom is -0.312 e. The highest BCUT2D eigenvalue weighted by atomic mass is 16.5. The van der Waals surface area contributed by atoms with Crippen LogP contribution in [-0.2, 0) is 19.2 Å². The molecule has 2 aliphatic heterocycles.